The van der Waals surface area contributed by atoms with Gasteiger partial charge in [0.25, 0.3) is 0 Å². The molecule has 6 nitrogen and oxygen atoms in total. The molecule has 0 spiro atoms. The number of likely N-dealkylation sites (tertiary alicyclic amines) is 1. The van der Waals surface area contributed by atoms with Gasteiger partial charge in [-0.1, -0.05) is 24.3 Å². The predicted octanol–water partition coefficient (Wildman–Crippen LogP) is 2.59. The van der Waals surface area contributed by atoms with Crippen LogP contribution in [0.15, 0.2) is 36.4 Å². The van der Waals surface area contributed by atoms with E-state index in [2.05, 4.69) is 10.2 Å². The second kappa shape index (κ2) is 6.96. The van der Waals surface area contributed by atoms with Crippen LogP contribution < -0.4 is 5.32 Å². The first-order chi connectivity index (χ1) is 13.0. The van der Waals surface area contributed by atoms with Gasteiger partial charge < -0.3 is 15.3 Å². The van der Waals surface area contributed by atoms with E-state index in [4.69, 9.17) is 0 Å². The molecule has 1 aliphatic heterocycles. The van der Waals surface area contributed by atoms with E-state index in [-0.39, 0.29) is 40.0 Å². The van der Waals surface area contributed by atoms with Gasteiger partial charge >= 0.3 is 0 Å². The maximum absolute atomic E-state index is 12.7. The molecule has 27 heavy (non-hydrogen) atoms. The van der Waals surface area contributed by atoms with E-state index >= 15 is 0 Å². The van der Waals surface area contributed by atoms with Crippen LogP contribution in [-0.4, -0.2) is 47.1 Å². The molecule has 138 valence electrons. The molecular formula is C21H20N2O4. The Labute approximate surface area is 156 Å². The van der Waals surface area contributed by atoms with Gasteiger partial charge in [0.05, 0.1) is 5.69 Å². The first kappa shape index (κ1) is 17.4. The number of ketones is 2. The van der Waals surface area contributed by atoms with Crippen LogP contribution in [-0.2, 0) is 4.79 Å². The number of rotatable bonds is 4. The Balaban J connectivity index is 1.56. The molecule has 1 saturated heterocycles. The third-order valence-electron chi connectivity index (χ3n) is 5.17. The van der Waals surface area contributed by atoms with Crippen molar-refractivity contribution in [2.45, 2.75) is 19.3 Å². The van der Waals surface area contributed by atoms with Gasteiger partial charge in [-0.05, 0) is 38.1 Å². The number of carbonyl (C=O) groups excluding carboxylic acids is 3. The van der Waals surface area contributed by atoms with Crippen molar-refractivity contribution in [1.82, 2.24) is 4.90 Å². The number of nitrogens with zero attached hydrogens (tertiary/aromatic N) is 1. The summed E-state index contributed by atoms with van der Waals surface area (Å²) in [4.78, 5) is 39.8. The van der Waals surface area contributed by atoms with Crippen molar-refractivity contribution in [3.05, 3.63) is 58.7 Å². The summed E-state index contributed by atoms with van der Waals surface area (Å²) >= 11 is 0. The van der Waals surface area contributed by atoms with Crippen molar-refractivity contribution < 1.29 is 19.5 Å². The molecule has 6 heteroatoms. The smallest absolute Gasteiger partial charge is 0.225 e. The largest absolute Gasteiger partial charge is 0.506 e. The zero-order chi connectivity index (χ0) is 19.0. The molecule has 2 aromatic rings. The van der Waals surface area contributed by atoms with E-state index in [9.17, 15) is 19.5 Å². The van der Waals surface area contributed by atoms with Gasteiger partial charge in [0.1, 0.15) is 5.75 Å². The highest BCUT2D eigenvalue weighted by Gasteiger charge is 2.30. The molecule has 2 aliphatic rings. The number of hydrogen-bond donors (Lipinski definition) is 2. The number of phenols is 1. The van der Waals surface area contributed by atoms with Crippen molar-refractivity contribution in [3.63, 3.8) is 0 Å². The van der Waals surface area contributed by atoms with E-state index in [1.54, 1.807) is 24.3 Å². The van der Waals surface area contributed by atoms with Crippen LogP contribution >= 0.6 is 0 Å². The van der Waals surface area contributed by atoms with Gasteiger partial charge in [0.2, 0.25) is 5.91 Å². The minimum absolute atomic E-state index is 0.153. The Morgan fingerprint density at radius 1 is 0.963 bits per heavy atom. The summed E-state index contributed by atoms with van der Waals surface area (Å²) in [5.41, 5.74) is 1.18. The van der Waals surface area contributed by atoms with Gasteiger partial charge in [-0.15, -0.1) is 0 Å². The van der Waals surface area contributed by atoms with Crippen LogP contribution in [0.4, 0.5) is 5.69 Å². The molecule has 0 aromatic heterocycles. The summed E-state index contributed by atoms with van der Waals surface area (Å²) in [6.07, 6.45) is 2.63. The molecule has 1 aliphatic carbocycles. The molecule has 4 rings (SSSR count). The van der Waals surface area contributed by atoms with Gasteiger partial charge in [0, 0.05) is 35.2 Å². The summed E-state index contributed by atoms with van der Waals surface area (Å²) in [6, 6.07) is 9.28. The number of amides is 1. The molecule has 2 N–H and O–H groups in total. The number of carbonyl (C=O) groups is 3. The molecule has 0 unspecified atom stereocenters. The van der Waals surface area contributed by atoms with Crippen LogP contribution in [0, 0.1) is 0 Å². The fourth-order valence-electron chi connectivity index (χ4n) is 3.71. The topological polar surface area (TPSA) is 86.7 Å². The lowest BCUT2D eigenvalue weighted by molar-refractivity contribution is -0.116. The van der Waals surface area contributed by atoms with E-state index in [0.29, 0.717) is 24.1 Å². The van der Waals surface area contributed by atoms with Crippen LogP contribution in [0.1, 0.15) is 51.1 Å². The molecule has 0 bridgehead atoms. The van der Waals surface area contributed by atoms with Crippen LogP contribution in [0.5, 0.6) is 5.75 Å². The second-order valence-corrected chi connectivity index (χ2v) is 6.97. The average molecular weight is 364 g/mol. The van der Waals surface area contributed by atoms with Gasteiger partial charge in [-0.25, -0.2) is 0 Å². The zero-order valence-electron chi connectivity index (χ0n) is 14.8. The van der Waals surface area contributed by atoms with Gasteiger partial charge in [-0.3, -0.25) is 14.4 Å². The first-order valence-corrected chi connectivity index (χ1v) is 9.12. The van der Waals surface area contributed by atoms with Crippen molar-refractivity contribution >= 4 is 23.2 Å². The van der Waals surface area contributed by atoms with Crippen molar-refractivity contribution in [3.8, 4) is 5.75 Å². The Morgan fingerprint density at radius 3 is 2.19 bits per heavy atom. The molecule has 0 saturated carbocycles. The average Bonchev–Trinajstić information content (AvgIpc) is 3.19. The molecule has 1 fully saturated rings. The highest BCUT2D eigenvalue weighted by atomic mass is 16.3. The number of nitrogens with one attached hydrogen (secondary N) is 1. The number of hydrogen-bond acceptors (Lipinski definition) is 5. The molecule has 0 radical (unpaired) electrons. The van der Waals surface area contributed by atoms with Crippen molar-refractivity contribution in [2.75, 3.05) is 25.0 Å². The lowest BCUT2D eigenvalue weighted by Gasteiger charge is -2.19. The quantitative estimate of drug-likeness (QED) is 0.695. The molecule has 2 aromatic carbocycles. The fourth-order valence-corrected chi connectivity index (χ4v) is 3.71. The van der Waals surface area contributed by atoms with E-state index in [1.165, 1.54) is 12.1 Å². The summed E-state index contributed by atoms with van der Waals surface area (Å²) in [6.45, 7) is 2.68. The van der Waals surface area contributed by atoms with Crippen LogP contribution in [0.25, 0.3) is 0 Å². The maximum atomic E-state index is 12.7. The van der Waals surface area contributed by atoms with Gasteiger partial charge in [0.15, 0.2) is 11.6 Å². The lowest BCUT2D eigenvalue weighted by Crippen LogP contribution is -2.25. The summed E-state index contributed by atoms with van der Waals surface area (Å²) < 4.78 is 0. The molecular weight excluding hydrogens is 344 g/mol. The Bertz CT molecular complexity index is 945. The zero-order valence-corrected chi connectivity index (χ0v) is 14.8. The number of anilines is 1. The minimum atomic E-state index is -0.303. The fraction of sp³-hybridized carbons (Fsp3) is 0.286. The van der Waals surface area contributed by atoms with E-state index in [1.807, 2.05) is 0 Å². The summed E-state index contributed by atoms with van der Waals surface area (Å²) in [5, 5.41) is 12.9. The lowest BCUT2D eigenvalue weighted by atomic mass is 9.83. The molecule has 1 heterocycles. The third-order valence-corrected chi connectivity index (χ3v) is 5.17. The summed E-state index contributed by atoms with van der Waals surface area (Å²) in [7, 11) is 0. The minimum Gasteiger partial charge on any atom is -0.506 e. The molecule has 0 atom stereocenters. The highest BCUT2D eigenvalue weighted by molar-refractivity contribution is 6.28. The number of benzene rings is 2. The number of phenolic OH excluding ortho intramolecular Hbond substituents is 1. The highest BCUT2D eigenvalue weighted by Crippen LogP contribution is 2.34. The Kier molecular flexibility index (Phi) is 4.49. The van der Waals surface area contributed by atoms with Crippen LogP contribution in [0.2, 0.25) is 0 Å². The summed E-state index contributed by atoms with van der Waals surface area (Å²) in [5.74, 6) is -1.04. The standard InChI is InChI=1S/C21H20N2O4/c24-18-12-16-15(20(26)13-5-1-2-6-14(13)21(16)27)11-17(18)22-19(25)7-10-23-8-3-4-9-23/h1-2,5-6,11-12,24H,3-4,7-10H2,(H,22,25). The van der Waals surface area contributed by atoms with Crippen LogP contribution in [0.3, 0.4) is 0 Å². The monoisotopic (exact) mass is 364 g/mol. The van der Waals surface area contributed by atoms with Crippen molar-refractivity contribution in [2.24, 2.45) is 0 Å². The second-order valence-electron chi connectivity index (χ2n) is 6.97. The maximum Gasteiger partial charge on any atom is 0.225 e. The predicted molar refractivity (Wildman–Crippen MR) is 100 cm³/mol. The molecule has 1 amide bonds. The van der Waals surface area contributed by atoms with Crippen molar-refractivity contribution in [1.29, 1.82) is 0 Å². The Morgan fingerprint density at radius 2 is 1.56 bits per heavy atom. The SMILES string of the molecule is O=C(CCN1CCCC1)Nc1cc2c(cc1O)C(=O)c1ccccc1C2=O. The number of fused-ring (bicyclic) bond motifs is 2. The van der Waals surface area contributed by atoms with E-state index in [0.717, 1.165) is 25.9 Å². The normalized spacial score (nSPS) is 16.1. The third kappa shape index (κ3) is 3.24. The number of aromatic hydroxyl groups is 1. The van der Waals surface area contributed by atoms with E-state index < -0.39 is 0 Å². The van der Waals surface area contributed by atoms with Gasteiger partial charge in [-0.2, -0.15) is 0 Å². The Hall–Kier alpha value is -2.99. The first-order valence-electron chi connectivity index (χ1n) is 9.12.